The third-order valence-corrected chi connectivity index (χ3v) is 5.65. The second-order valence-electron chi connectivity index (χ2n) is 6.91. The van der Waals surface area contributed by atoms with Crippen LogP contribution in [-0.4, -0.2) is 39.6 Å². The molecule has 2 heterocycles. The molecule has 2 aromatic rings. The average Bonchev–Trinajstić information content (AvgIpc) is 3.58. The van der Waals surface area contributed by atoms with E-state index in [0.717, 1.165) is 11.0 Å². The van der Waals surface area contributed by atoms with E-state index in [1.807, 2.05) is 12.1 Å². The number of carbonyl (C=O) groups is 1. The summed E-state index contributed by atoms with van der Waals surface area (Å²) in [5.74, 6) is 3.32. The summed E-state index contributed by atoms with van der Waals surface area (Å²) < 4.78 is 13.3. The number of hydrogen-bond donors (Lipinski definition) is 1. The standard InChI is InChI=1S/C18H20N4O3S/c23-16(19-12-3-6-14-15(9-12)25-8-7-24-14)10-26-18-21-20-17(11-1-2-11)22(18)13-4-5-13/h3,6,9,11,13H,1-2,4-5,7-8,10H2,(H,19,23). The summed E-state index contributed by atoms with van der Waals surface area (Å²) >= 11 is 1.46. The Kier molecular flexibility index (Phi) is 4.00. The van der Waals surface area contributed by atoms with Gasteiger partial charge in [-0.3, -0.25) is 4.79 Å². The molecule has 3 aliphatic rings. The van der Waals surface area contributed by atoms with E-state index in [0.29, 0.717) is 48.1 Å². The van der Waals surface area contributed by atoms with Crippen LogP contribution in [0.5, 0.6) is 11.5 Å². The molecule has 2 fully saturated rings. The summed E-state index contributed by atoms with van der Waals surface area (Å²) in [6.45, 7) is 1.08. The predicted molar refractivity (Wildman–Crippen MR) is 97.1 cm³/mol. The van der Waals surface area contributed by atoms with Gasteiger partial charge in [-0.15, -0.1) is 10.2 Å². The maximum atomic E-state index is 12.3. The van der Waals surface area contributed by atoms with Gasteiger partial charge in [-0.05, 0) is 37.8 Å². The highest BCUT2D eigenvalue weighted by Crippen LogP contribution is 2.46. The van der Waals surface area contributed by atoms with Gasteiger partial charge >= 0.3 is 0 Å². The molecule has 26 heavy (non-hydrogen) atoms. The number of rotatable bonds is 6. The van der Waals surface area contributed by atoms with Gasteiger partial charge in [0, 0.05) is 23.7 Å². The Morgan fingerprint density at radius 1 is 1.15 bits per heavy atom. The van der Waals surface area contributed by atoms with E-state index in [4.69, 9.17) is 9.47 Å². The first-order valence-electron chi connectivity index (χ1n) is 9.05. The minimum absolute atomic E-state index is 0.0648. The number of aromatic nitrogens is 3. The first-order chi connectivity index (χ1) is 12.8. The molecule has 0 radical (unpaired) electrons. The monoisotopic (exact) mass is 372 g/mol. The van der Waals surface area contributed by atoms with Gasteiger partial charge in [0.25, 0.3) is 0 Å². The normalized spacial score (nSPS) is 18.6. The number of nitrogens with one attached hydrogen (secondary N) is 1. The van der Waals surface area contributed by atoms with Crippen molar-refractivity contribution in [3.63, 3.8) is 0 Å². The second-order valence-corrected chi connectivity index (χ2v) is 7.85. The van der Waals surface area contributed by atoms with E-state index in [1.54, 1.807) is 6.07 Å². The van der Waals surface area contributed by atoms with Crippen LogP contribution in [-0.2, 0) is 4.79 Å². The number of ether oxygens (including phenoxy) is 2. The average molecular weight is 372 g/mol. The van der Waals surface area contributed by atoms with Crippen molar-refractivity contribution in [2.45, 2.75) is 42.8 Å². The minimum atomic E-state index is -0.0648. The van der Waals surface area contributed by atoms with Gasteiger partial charge in [0.05, 0.1) is 5.75 Å². The number of nitrogens with zero attached hydrogens (tertiary/aromatic N) is 3. The quantitative estimate of drug-likeness (QED) is 0.786. The Hall–Kier alpha value is -2.22. The topological polar surface area (TPSA) is 78.3 Å². The number of fused-ring (bicyclic) bond motifs is 1. The fraction of sp³-hybridized carbons (Fsp3) is 0.500. The van der Waals surface area contributed by atoms with Crippen molar-refractivity contribution in [3.05, 3.63) is 24.0 Å². The predicted octanol–water partition coefficient (Wildman–Crippen LogP) is 2.99. The van der Waals surface area contributed by atoms with Crippen LogP contribution in [0.1, 0.15) is 43.5 Å². The SMILES string of the molecule is O=C(CSc1nnc(C2CC2)n1C1CC1)Nc1ccc2c(c1)OCCO2. The van der Waals surface area contributed by atoms with Crippen LogP contribution in [0, 0.1) is 0 Å². The van der Waals surface area contributed by atoms with E-state index in [-0.39, 0.29) is 5.91 Å². The maximum Gasteiger partial charge on any atom is 0.234 e. The molecule has 0 atom stereocenters. The number of anilines is 1. The summed E-state index contributed by atoms with van der Waals surface area (Å²) in [7, 11) is 0. The number of benzene rings is 1. The molecule has 1 aromatic heterocycles. The number of hydrogen-bond acceptors (Lipinski definition) is 6. The number of carbonyl (C=O) groups excluding carboxylic acids is 1. The van der Waals surface area contributed by atoms with E-state index < -0.39 is 0 Å². The van der Waals surface area contributed by atoms with Gasteiger partial charge in [-0.2, -0.15) is 0 Å². The van der Waals surface area contributed by atoms with E-state index in [2.05, 4.69) is 20.1 Å². The van der Waals surface area contributed by atoms with Crippen LogP contribution < -0.4 is 14.8 Å². The Morgan fingerprint density at radius 3 is 2.73 bits per heavy atom. The molecule has 0 saturated heterocycles. The van der Waals surface area contributed by atoms with Gasteiger partial charge in [-0.1, -0.05) is 11.8 Å². The molecule has 2 saturated carbocycles. The van der Waals surface area contributed by atoms with Crippen molar-refractivity contribution in [2.75, 3.05) is 24.3 Å². The Morgan fingerprint density at radius 2 is 1.96 bits per heavy atom. The molecular weight excluding hydrogens is 352 g/mol. The van der Waals surface area contributed by atoms with Crippen LogP contribution in [0.15, 0.2) is 23.4 Å². The van der Waals surface area contributed by atoms with E-state index in [9.17, 15) is 4.79 Å². The Labute approximate surface area is 155 Å². The van der Waals surface area contributed by atoms with Gasteiger partial charge in [-0.25, -0.2) is 0 Å². The summed E-state index contributed by atoms with van der Waals surface area (Å²) in [6, 6.07) is 5.98. The molecule has 8 heteroatoms. The van der Waals surface area contributed by atoms with Gasteiger partial charge in [0.1, 0.15) is 19.0 Å². The van der Waals surface area contributed by atoms with Crippen LogP contribution in [0.2, 0.25) is 0 Å². The highest BCUT2D eigenvalue weighted by Gasteiger charge is 2.36. The first-order valence-corrected chi connectivity index (χ1v) is 10.0. The van der Waals surface area contributed by atoms with E-state index >= 15 is 0 Å². The molecular formula is C18H20N4O3S. The van der Waals surface area contributed by atoms with Crippen molar-refractivity contribution >= 4 is 23.4 Å². The third-order valence-electron chi connectivity index (χ3n) is 4.70. The molecule has 1 N–H and O–H groups in total. The zero-order chi connectivity index (χ0) is 17.5. The summed E-state index contributed by atoms with van der Waals surface area (Å²) in [5.41, 5.74) is 0.710. The van der Waals surface area contributed by atoms with Crippen molar-refractivity contribution in [1.82, 2.24) is 14.8 Å². The maximum absolute atomic E-state index is 12.3. The molecule has 0 spiro atoms. The van der Waals surface area contributed by atoms with Gasteiger partial charge < -0.3 is 19.4 Å². The van der Waals surface area contributed by atoms with Crippen molar-refractivity contribution in [3.8, 4) is 11.5 Å². The van der Waals surface area contributed by atoms with Crippen LogP contribution in [0.3, 0.4) is 0 Å². The molecule has 1 aromatic carbocycles. The minimum Gasteiger partial charge on any atom is -0.486 e. The molecule has 5 rings (SSSR count). The highest BCUT2D eigenvalue weighted by atomic mass is 32.2. The molecule has 0 bridgehead atoms. The highest BCUT2D eigenvalue weighted by molar-refractivity contribution is 7.99. The molecule has 7 nitrogen and oxygen atoms in total. The molecule has 1 amide bonds. The third kappa shape index (κ3) is 3.25. The fourth-order valence-electron chi connectivity index (χ4n) is 3.13. The largest absolute Gasteiger partial charge is 0.486 e. The van der Waals surface area contributed by atoms with Crippen LogP contribution >= 0.6 is 11.8 Å². The number of amides is 1. The van der Waals surface area contributed by atoms with Crippen molar-refractivity contribution < 1.29 is 14.3 Å². The lowest BCUT2D eigenvalue weighted by Gasteiger charge is -2.19. The van der Waals surface area contributed by atoms with Crippen LogP contribution in [0.4, 0.5) is 5.69 Å². The molecule has 136 valence electrons. The zero-order valence-electron chi connectivity index (χ0n) is 14.3. The van der Waals surface area contributed by atoms with E-state index in [1.165, 1.54) is 37.4 Å². The van der Waals surface area contributed by atoms with Crippen molar-refractivity contribution in [1.29, 1.82) is 0 Å². The first kappa shape index (κ1) is 16.0. The Bertz CT molecular complexity index is 845. The number of thioether (sulfide) groups is 1. The lowest BCUT2D eigenvalue weighted by atomic mass is 10.2. The lowest BCUT2D eigenvalue weighted by molar-refractivity contribution is -0.113. The van der Waals surface area contributed by atoms with Crippen molar-refractivity contribution in [2.24, 2.45) is 0 Å². The van der Waals surface area contributed by atoms with Gasteiger partial charge in [0.2, 0.25) is 5.91 Å². The zero-order valence-corrected chi connectivity index (χ0v) is 15.1. The summed E-state index contributed by atoms with van der Waals surface area (Å²) in [6.07, 6.45) is 4.80. The second kappa shape index (κ2) is 6.50. The summed E-state index contributed by atoms with van der Waals surface area (Å²) in [5, 5.41) is 12.5. The fourth-order valence-corrected chi connectivity index (χ4v) is 3.94. The molecule has 1 aliphatic heterocycles. The molecule has 0 unspecified atom stereocenters. The molecule has 2 aliphatic carbocycles. The smallest absolute Gasteiger partial charge is 0.234 e. The van der Waals surface area contributed by atoms with Gasteiger partial charge in [0.15, 0.2) is 16.7 Å². The summed E-state index contributed by atoms with van der Waals surface area (Å²) in [4.78, 5) is 12.3. The lowest BCUT2D eigenvalue weighted by Crippen LogP contribution is -2.17. The Balaban J connectivity index is 1.23. The van der Waals surface area contributed by atoms with Crippen LogP contribution in [0.25, 0.3) is 0 Å².